The van der Waals surface area contributed by atoms with Crippen molar-refractivity contribution in [3.05, 3.63) is 40.6 Å². The van der Waals surface area contributed by atoms with Crippen molar-refractivity contribution in [3.8, 4) is 0 Å². The molecule has 114 valence electrons. The van der Waals surface area contributed by atoms with Crippen molar-refractivity contribution in [2.45, 2.75) is 33.2 Å². The molecule has 1 aliphatic heterocycles. The molecular formula is C19H22N2O. The maximum absolute atomic E-state index is 11.9. The van der Waals surface area contributed by atoms with Gasteiger partial charge in [-0.1, -0.05) is 6.08 Å². The predicted octanol–water partition coefficient (Wildman–Crippen LogP) is 3.24. The lowest BCUT2D eigenvalue weighted by atomic mass is 9.77. The minimum atomic E-state index is 0.0201. The summed E-state index contributed by atoms with van der Waals surface area (Å²) < 4.78 is 0. The second-order valence-electron chi connectivity index (χ2n) is 6.93. The summed E-state index contributed by atoms with van der Waals surface area (Å²) in [6, 6.07) is 2.63. The van der Waals surface area contributed by atoms with Gasteiger partial charge in [0, 0.05) is 35.6 Å². The van der Waals surface area contributed by atoms with E-state index in [9.17, 15) is 4.79 Å². The first-order chi connectivity index (χ1) is 10.5. The zero-order valence-corrected chi connectivity index (χ0v) is 13.7. The monoisotopic (exact) mass is 294 g/mol. The molecule has 0 bridgehead atoms. The average molecular weight is 294 g/mol. The predicted molar refractivity (Wildman–Crippen MR) is 90.0 cm³/mol. The van der Waals surface area contributed by atoms with E-state index in [1.54, 1.807) is 6.92 Å². The molecule has 0 amide bonds. The maximum Gasteiger partial charge on any atom is 0.137 e. The molecule has 1 N–H and O–H groups in total. The molecule has 4 rings (SSSR count). The summed E-state index contributed by atoms with van der Waals surface area (Å²) in [4.78, 5) is 17.7. The number of H-pyrrole nitrogens is 1. The van der Waals surface area contributed by atoms with Gasteiger partial charge in [0.05, 0.1) is 0 Å². The third kappa shape index (κ3) is 1.75. The van der Waals surface area contributed by atoms with Crippen LogP contribution in [0.25, 0.3) is 16.5 Å². The summed E-state index contributed by atoms with van der Waals surface area (Å²) in [6.07, 6.45) is 5.43. The van der Waals surface area contributed by atoms with Gasteiger partial charge in [0.1, 0.15) is 5.78 Å². The van der Waals surface area contributed by atoms with Crippen LogP contribution in [-0.2, 0) is 11.2 Å². The van der Waals surface area contributed by atoms with E-state index < -0.39 is 0 Å². The van der Waals surface area contributed by atoms with Gasteiger partial charge in [-0.25, -0.2) is 0 Å². The van der Waals surface area contributed by atoms with Crippen LogP contribution in [0.2, 0.25) is 0 Å². The second kappa shape index (κ2) is 4.56. The summed E-state index contributed by atoms with van der Waals surface area (Å²) in [5.74, 6) is 0.283. The number of aromatic nitrogens is 1. The summed E-state index contributed by atoms with van der Waals surface area (Å²) in [5.41, 5.74) is 8.00. The van der Waals surface area contributed by atoms with Crippen molar-refractivity contribution in [1.82, 2.24) is 9.88 Å². The first-order valence-corrected chi connectivity index (χ1v) is 8.00. The number of aryl methyl sites for hydroxylation is 1. The Hall–Kier alpha value is -1.87. The highest BCUT2D eigenvalue weighted by Crippen LogP contribution is 2.43. The molecule has 3 heteroatoms. The molecule has 1 aromatic heterocycles. The van der Waals surface area contributed by atoms with E-state index in [4.69, 9.17) is 0 Å². The van der Waals surface area contributed by atoms with Crippen molar-refractivity contribution in [2.24, 2.45) is 5.92 Å². The van der Waals surface area contributed by atoms with Crippen molar-refractivity contribution in [2.75, 3.05) is 13.6 Å². The van der Waals surface area contributed by atoms with Crippen LogP contribution < -0.4 is 0 Å². The number of nitrogens with zero attached hydrogens (tertiary/aromatic N) is 1. The Bertz CT molecular complexity index is 828. The van der Waals surface area contributed by atoms with Crippen LogP contribution in [0.4, 0.5) is 0 Å². The van der Waals surface area contributed by atoms with E-state index in [1.165, 1.54) is 38.7 Å². The van der Waals surface area contributed by atoms with Crippen LogP contribution in [0.5, 0.6) is 0 Å². The van der Waals surface area contributed by atoms with Crippen molar-refractivity contribution >= 4 is 22.3 Å². The van der Waals surface area contributed by atoms with E-state index in [1.807, 2.05) is 0 Å². The van der Waals surface area contributed by atoms with Gasteiger partial charge >= 0.3 is 0 Å². The Morgan fingerprint density at radius 3 is 2.86 bits per heavy atom. The first kappa shape index (κ1) is 13.8. The maximum atomic E-state index is 11.9. The zero-order valence-electron chi connectivity index (χ0n) is 13.7. The fourth-order valence-electron chi connectivity index (χ4n) is 4.15. The topological polar surface area (TPSA) is 36.1 Å². The Morgan fingerprint density at radius 1 is 1.36 bits per heavy atom. The number of benzene rings is 1. The molecule has 1 aromatic carbocycles. The minimum absolute atomic E-state index is 0.0201. The Kier molecular flexibility index (Phi) is 2.85. The van der Waals surface area contributed by atoms with Crippen LogP contribution in [0.1, 0.15) is 29.2 Å². The quantitative estimate of drug-likeness (QED) is 0.876. The van der Waals surface area contributed by atoms with Crippen molar-refractivity contribution in [3.63, 3.8) is 0 Å². The molecule has 0 saturated heterocycles. The lowest BCUT2D eigenvalue weighted by molar-refractivity contribution is -0.120. The van der Waals surface area contributed by atoms with Gasteiger partial charge < -0.3 is 4.98 Å². The largest absolute Gasteiger partial charge is 0.361 e. The van der Waals surface area contributed by atoms with Crippen LogP contribution in [0.3, 0.4) is 0 Å². The lowest BCUT2D eigenvalue weighted by Gasteiger charge is -2.40. The van der Waals surface area contributed by atoms with Gasteiger partial charge in [-0.15, -0.1) is 0 Å². The normalized spacial score (nSPS) is 24.3. The van der Waals surface area contributed by atoms with Crippen LogP contribution in [0.15, 0.2) is 18.3 Å². The molecule has 0 fully saturated rings. The average Bonchev–Trinajstić information content (AvgIpc) is 2.87. The highest BCUT2D eigenvalue weighted by Gasteiger charge is 2.35. The summed E-state index contributed by atoms with van der Waals surface area (Å²) >= 11 is 0. The molecule has 1 aliphatic carbocycles. The Balaban J connectivity index is 2.04. The van der Waals surface area contributed by atoms with Crippen LogP contribution in [0, 0.1) is 19.8 Å². The zero-order chi connectivity index (χ0) is 15.6. The number of hydrogen-bond donors (Lipinski definition) is 1. The Morgan fingerprint density at radius 2 is 2.14 bits per heavy atom. The molecule has 0 saturated carbocycles. The number of hydrogen-bond acceptors (Lipinski definition) is 2. The first-order valence-electron chi connectivity index (χ1n) is 8.00. The van der Waals surface area contributed by atoms with Gasteiger partial charge in [-0.2, -0.15) is 0 Å². The fraction of sp³-hybridized carbons (Fsp3) is 0.421. The van der Waals surface area contributed by atoms with Gasteiger partial charge in [0.25, 0.3) is 0 Å². The van der Waals surface area contributed by atoms with E-state index >= 15 is 0 Å². The number of rotatable bonds is 1. The highest BCUT2D eigenvalue weighted by molar-refractivity contribution is 6.01. The third-order valence-electron chi connectivity index (χ3n) is 5.55. The second-order valence-corrected chi connectivity index (χ2v) is 6.93. The molecule has 2 atom stereocenters. The van der Waals surface area contributed by atoms with Crippen molar-refractivity contribution < 1.29 is 4.79 Å². The molecule has 0 unspecified atom stereocenters. The van der Waals surface area contributed by atoms with E-state index in [0.29, 0.717) is 6.04 Å². The summed E-state index contributed by atoms with van der Waals surface area (Å²) in [7, 11) is 2.15. The number of ketones is 1. The number of Topliss-reactive ketones (excluding diaryl/α,β-unsaturated/α-hetero) is 1. The smallest absolute Gasteiger partial charge is 0.137 e. The third-order valence-corrected chi connectivity index (χ3v) is 5.55. The van der Waals surface area contributed by atoms with Crippen molar-refractivity contribution in [1.29, 1.82) is 0 Å². The SMILES string of the molecule is CC(=O)[C@@H]1C=C2c3c(C)c(C)cc4[nH]cc(c34)C[C@H]2N(C)C1. The molecule has 0 radical (unpaired) electrons. The number of carbonyl (C=O) groups is 1. The van der Waals surface area contributed by atoms with Gasteiger partial charge in [0.2, 0.25) is 0 Å². The Labute approximate surface area is 131 Å². The summed E-state index contributed by atoms with van der Waals surface area (Å²) in [5, 5.41) is 1.36. The molecule has 2 heterocycles. The number of likely N-dealkylation sites (N-methyl/N-ethyl adjacent to an activating group) is 1. The van der Waals surface area contributed by atoms with E-state index in [-0.39, 0.29) is 11.7 Å². The molecular weight excluding hydrogens is 272 g/mol. The van der Waals surface area contributed by atoms with Gasteiger partial charge in [-0.05, 0) is 68.1 Å². The van der Waals surface area contributed by atoms with Crippen LogP contribution in [-0.4, -0.2) is 35.3 Å². The van der Waals surface area contributed by atoms with Gasteiger partial charge in [-0.3, -0.25) is 9.69 Å². The number of carbonyl (C=O) groups excluding carboxylic acids is 1. The number of aromatic amines is 1. The fourth-order valence-corrected chi connectivity index (χ4v) is 4.15. The lowest BCUT2D eigenvalue weighted by Crippen LogP contribution is -2.44. The van der Waals surface area contributed by atoms with Crippen LogP contribution >= 0.6 is 0 Å². The molecule has 22 heavy (non-hydrogen) atoms. The van der Waals surface area contributed by atoms with E-state index in [2.05, 4.69) is 49.1 Å². The molecule has 2 aromatic rings. The number of nitrogens with one attached hydrogen (secondary N) is 1. The highest BCUT2D eigenvalue weighted by atomic mass is 16.1. The summed E-state index contributed by atoms with van der Waals surface area (Å²) in [6.45, 7) is 6.92. The number of fused-ring (bicyclic) bond motifs is 2. The molecule has 0 spiro atoms. The minimum Gasteiger partial charge on any atom is -0.361 e. The van der Waals surface area contributed by atoms with E-state index in [0.717, 1.165) is 13.0 Å². The standard InChI is InChI=1S/C19H22N2O/c1-10-5-16-19-13(8-20-16)7-17-15(18(19)11(10)2)6-14(12(3)22)9-21(17)4/h5-6,8,14,17,20H,7,9H2,1-4H3/t14-,17-/m1/s1. The van der Waals surface area contributed by atoms with Gasteiger partial charge in [0.15, 0.2) is 0 Å². The molecule has 3 nitrogen and oxygen atoms in total. The molecule has 2 aliphatic rings.